The molecule has 2 N–H and O–H groups in total. The lowest BCUT2D eigenvalue weighted by Gasteiger charge is -2.13. The zero-order valence-corrected chi connectivity index (χ0v) is 12.8. The van der Waals surface area contributed by atoms with E-state index in [2.05, 4.69) is 14.5 Å². The Hall–Kier alpha value is -2.40. The smallest absolute Gasteiger partial charge is 0.141 e. The van der Waals surface area contributed by atoms with E-state index >= 15 is 0 Å². The lowest BCUT2D eigenvalue weighted by Crippen LogP contribution is -2.18. The summed E-state index contributed by atoms with van der Waals surface area (Å²) in [6, 6.07) is 12.2. The van der Waals surface area contributed by atoms with Crippen molar-refractivity contribution >= 4 is 16.7 Å². The maximum atomic E-state index is 13.2. The van der Waals surface area contributed by atoms with Crippen LogP contribution < -0.4 is 5.73 Å². The third-order valence-electron chi connectivity index (χ3n) is 3.68. The summed E-state index contributed by atoms with van der Waals surface area (Å²) in [6.45, 7) is 1.67. The van der Waals surface area contributed by atoms with Crippen LogP contribution >= 0.6 is 0 Å². The van der Waals surface area contributed by atoms with E-state index in [-0.39, 0.29) is 5.82 Å². The average molecular weight is 298 g/mol. The molecule has 2 aromatic carbocycles. The van der Waals surface area contributed by atoms with Crippen LogP contribution in [0.3, 0.4) is 0 Å². The van der Waals surface area contributed by atoms with Crippen LogP contribution in [0.1, 0.15) is 0 Å². The van der Waals surface area contributed by atoms with Crippen LogP contribution in [0.15, 0.2) is 42.5 Å². The van der Waals surface area contributed by atoms with Gasteiger partial charge in [-0.25, -0.2) is 9.37 Å². The number of fused-ring (bicyclic) bond motifs is 1. The largest absolute Gasteiger partial charge is 0.397 e. The van der Waals surface area contributed by atoms with E-state index in [1.54, 1.807) is 12.1 Å². The second-order valence-electron chi connectivity index (χ2n) is 5.61. The minimum absolute atomic E-state index is 0.251. The molecule has 22 heavy (non-hydrogen) atoms. The normalized spacial score (nSPS) is 11.5. The fraction of sp³-hybridized carbons (Fsp3) is 0.235. The fourth-order valence-electron chi connectivity index (χ4n) is 2.51. The number of likely N-dealkylation sites (N-methyl/N-ethyl adjacent to an activating group) is 1. The molecule has 114 valence electrons. The Kier molecular flexibility index (Phi) is 3.81. The van der Waals surface area contributed by atoms with Crippen molar-refractivity contribution < 1.29 is 4.39 Å². The molecule has 0 spiro atoms. The van der Waals surface area contributed by atoms with Crippen LogP contribution in [-0.2, 0) is 6.54 Å². The van der Waals surface area contributed by atoms with E-state index in [1.165, 1.54) is 12.1 Å². The molecule has 0 aliphatic heterocycles. The predicted molar refractivity (Wildman–Crippen MR) is 88.1 cm³/mol. The second-order valence-corrected chi connectivity index (χ2v) is 5.61. The van der Waals surface area contributed by atoms with Gasteiger partial charge in [0.15, 0.2) is 0 Å². The Labute approximate surface area is 129 Å². The Morgan fingerprint density at radius 3 is 2.55 bits per heavy atom. The topological polar surface area (TPSA) is 47.1 Å². The van der Waals surface area contributed by atoms with Gasteiger partial charge in [-0.05, 0) is 50.5 Å². The van der Waals surface area contributed by atoms with E-state index in [4.69, 9.17) is 5.73 Å². The Balaban J connectivity index is 2.16. The van der Waals surface area contributed by atoms with Crippen molar-refractivity contribution in [2.45, 2.75) is 6.54 Å². The van der Waals surface area contributed by atoms with Gasteiger partial charge in [-0.1, -0.05) is 6.07 Å². The van der Waals surface area contributed by atoms with Crippen molar-refractivity contribution in [1.82, 2.24) is 14.5 Å². The molecular formula is C17H19FN4. The lowest BCUT2D eigenvalue weighted by atomic mass is 10.2. The summed E-state index contributed by atoms with van der Waals surface area (Å²) in [5.41, 5.74) is 9.39. The third-order valence-corrected chi connectivity index (χ3v) is 3.68. The number of para-hydroxylation sites is 1. The molecule has 1 aromatic heterocycles. The molecule has 1 heterocycles. The number of imidazole rings is 1. The van der Waals surface area contributed by atoms with Gasteiger partial charge in [0, 0.05) is 18.7 Å². The highest BCUT2D eigenvalue weighted by molar-refractivity contribution is 5.90. The van der Waals surface area contributed by atoms with Crippen LogP contribution in [0, 0.1) is 5.82 Å². The van der Waals surface area contributed by atoms with Crippen LogP contribution in [0.4, 0.5) is 10.1 Å². The summed E-state index contributed by atoms with van der Waals surface area (Å²) in [4.78, 5) is 6.80. The summed E-state index contributed by atoms with van der Waals surface area (Å²) in [7, 11) is 4.07. The van der Waals surface area contributed by atoms with E-state index in [9.17, 15) is 4.39 Å². The molecule has 0 bridgehead atoms. The highest BCUT2D eigenvalue weighted by atomic mass is 19.1. The summed E-state index contributed by atoms with van der Waals surface area (Å²) < 4.78 is 15.3. The Morgan fingerprint density at radius 2 is 1.86 bits per heavy atom. The van der Waals surface area contributed by atoms with E-state index in [0.29, 0.717) is 5.69 Å². The van der Waals surface area contributed by atoms with Gasteiger partial charge >= 0.3 is 0 Å². The van der Waals surface area contributed by atoms with Gasteiger partial charge in [-0.15, -0.1) is 0 Å². The van der Waals surface area contributed by atoms with Gasteiger partial charge < -0.3 is 15.2 Å². The van der Waals surface area contributed by atoms with Crippen LogP contribution in [0.5, 0.6) is 0 Å². The van der Waals surface area contributed by atoms with Crippen LogP contribution in [0.2, 0.25) is 0 Å². The van der Waals surface area contributed by atoms with E-state index in [1.807, 2.05) is 32.3 Å². The van der Waals surface area contributed by atoms with Gasteiger partial charge in [-0.2, -0.15) is 0 Å². The molecule has 0 radical (unpaired) electrons. The fourth-order valence-corrected chi connectivity index (χ4v) is 2.51. The minimum Gasteiger partial charge on any atom is -0.397 e. The molecule has 0 saturated heterocycles. The highest BCUT2D eigenvalue weighted by Crippen LogP contribution is 2.28. The molecule has 3 rings (SSSR count). The number of aromatic nitrogens is 2. The molecule has 0 saturated carbocycles. The second kappa shape index (κ2) is 5.77. The molecular weight excluding hydrogens is 279 g/mol. The molecule has 0 amide bonds. The summed E-state index contributed by atoms with van der Waals surface area (Å²) >= 11 is 0. The monoisotopic (exact) mass is 298 g/mol. The highest BCUT2D eigenvalue weighted by Gasteiger charge is 2.14. The minimum atomic E-state index is -0.251. The number of nitrogens with zero attached hydrogens (tertiary/aromatic N) is 3. The van der Waals surface area contributed by atoms with Crippen molar-refractivity contribution in [3.8, 4) is 11.4 Å². The SMILES string of the molecule is CN(C)CCn1c(-c2ccc(F)cc2)nc2c(N)cccc21. The molecule has 0 unspecified atom stereocenters. The first kappa shape index (κ1) is 14.5. The summed E-state index contributed by atoms with van der Waals surface area (Å²) in [6.07, 6.45) is 0. The number of hydrogen-bond donors (Lipinski definition) is 1. The average Bonchev–Trinajstić information content (AvgIpc) is 2.86. The quantitative estimate of drug-likeness (QED) is 0.753. The maximum absolute atomic E-state index is 13.2. The van der Waals surface area contributed by atoms with Crippen molar-refractivity contribution in [2.24, 2.45) is 0 Å². The maximum Gasteiger partial charge on any atom is 0.141 e. The predicted octanol–water partition coefficient (Wildman–Crippen LogP) is 2.99. The summed E-state index contributed by atoms with van der Waals surface area (Å²) in [5.74, 6) is 0.564. The first-order valence-electron chi connectivity index (χ1n) is 7.21. The Bertz CT molecular complexity index is 790. The zero-order valence-electron chi connectivity index (χ0n) is 12.8. The third kappa shape index (κ3) is 2.67. The first-order chi connectivity index (χ1) is 10.6. The molecule has 5 heteroatoms. The van der Waals surface area contributed by atoms with E-state index < -0.39 is 0 Å². The molecule has 3 aromatic rings. The molecule has 0 aliphatic rings. The van der Waals surface area contributed by atoms with Crippen molar-refractivity contribution in [1.29, 1.82) is 0 Å². The van der Waals surface area contributed by atoms with Gasteiger partial charge in [0.05, 0.1) is 11.2 Å². The number of halogens is 1. The van der Waals surface area contributed by atoms with Crippen molar-refractivity contribution in [3.63, 3.8) is 0 Å². The van der Waals surface area contributed by atoms with Crippen molar-refractivity contribution in [3.05, 3.63) is 48.3 Å². The van der Waals surface area contributed by atoms with Gasteiger partial charge in [0.1, 0.15) is 17.2 Å². The number of nitrogen functional groups attached to an aromatic ring is 1. The number of rotatable bonds is 4. The number of hydrogen-bond acceptors (Lipinski definition) is 3. The Morgan fingerprint density at radius 1 is 1.14 bits per heavy atom. The number of nitrogens with two attached hydrogens (primary N) is 1. The number of benzene rings is 2. The summed E-state index contributed by atoms with van der Waals surface area (Å²) in [5, 5.41) is 0. The van der Waals surface area contributed by atoms with Gasteiger partial charge in [0.2, 0.25) is 0 Å². The molecule has 0 fully saturated rings. The van der Waals surface area contributed by atoms with Crippen LogP contribution in [-0.4, -0.2) is 35.1 Å². The van der Waals surface area contributed by atoms with Crippen LogP contribution in [0.25, 0.3) is 22.4 Å². The zero-order chi connectivity index (χ0) is 15.7. The lowest BCUT2D eigenvalue weighted by molar-refractivity contribution is 0.387. The van der Waals surface area contributed by atoms with E-state index in [0.717, 1.165) is 35.5 Å². The first-order valence-corrected chi connectivity index (χ1v) is 7.21. The standard InChI is InChI=1S/C17H19FN4/c1-21(2)10-11-22-15-5-3-4-14(19)16(15)20-17(22)12-6-8-13(18)9-7-12/h3-9H,10-11,19H2,1-2H3. The van der Waals surface area contributed by atoms with Gasteiger partial charge in [0.25, 0.3) is 0 Å². The van der Waals surface area contributed by atoms with Crippen molar-refractivity contribution in [2.75, 3.05) is 26.4 Å². The molecule has 0 aliphatic carbocycles. The number of anilines is 1. The molecule has 0 atom stereocenters. The molecule has 4 nitrogen and oxygen atoms in total. The van der Waals surface area contributed by atoms with Gasteiger partial charge in [-0.3, -0.25) is 0 Å².